The third-order valence-electron chi connectivity index (χ3n) is 2.24. The van der Waals surface area contributed by atoms with E-state index >= 15 is 0 Å². The summed E-state index contributed by atoms with van der Waals surface area (Å²) in [6, 6.07) is 11.9. The number of nitrogens with two attached hydrogens (primary N) is 1. The molecular formula is C13H14N2O. The van der Waals surface area contributed by atoms with Crippen molar-refractivity contribution in [3.05, 3.63) is 48.8 Å². The first-order valence-electron chi connectivity index (χ1n) is 5.23. The summed E-state index contributed by atoms with van der Waals surface area (Å²) >= 11 is 0. The minimum atomic E-state index is 0.532. The smallest absolute Gasteiger partial charge is 0.119 e. The first-order valence-corrected chi connectivity index (χ1v) is 5.23. The summed E-state index contributed by atoms with van der Waals surface area (Å²) in [5.41, 5.74) is 7.60. The maximum Gasteiger partial charge on any atom is 0.119 e. The number of ether oxygens (including phenoxy) is 1. The van der Waals surface area contributed by atoms with E-state index in [9.17, 15) is 0 Å². The first-order chi connectivity index (χ1) is 7.90. The summed E-state index contributed by atoms with van der Waals surface area (Å²) in [5, 5.41) is 0. The van der Waals surface area contributed by atoms with Crippen LogP contribution in [-0.2, 0) is 0 Å². The van der Waals surface area contributed by atoms with Crippen LogP contribution in [0.1, 0.15) is 0 Å². The van der Waals surface area contributed by atoms with E-state index in [1.807, 2.05) is 42.6 Å². The molecule has 1 aromatic heterocycles. The fraction of sp³-hybridized carbons (Fsp3) is 0.154. The van der Waals surface area contributed by atoms with E-state index < -0.39 is 0 Å². The van der Waals surface area contributed by atoms with E-state index in [-0.39, 0.29) is 0 Å². The Morgan fingerprint density at radius 3 is 2.50 bits per heavy atom. The summed E-state index contributed by atoms with van der Waals surface area (Å²) in [6.07, 6.45) is 3.61. The zero-order valence-electron chi connectivity index (χ0n) is 8.97. The maximum atomic E-state index is 5.41. The highest BCUT2D eigenvalue weighted by molar-refractivity contribution is 5.62. The average Bonchev–Trinajstić information content (AvgIpc) is 2.38. The van der Waals surface area contributed by atoms with Crippen LogP contribution in [0.5, 0.6) is 5.75 Å². The SMILES string of the molecule is NCCOc1ccc(-c2cccnc2)cc1. The van der Waals surface area contributed by atoms with Gasteiger partial charge in [0.15, 0.2) is 0 Å². The molecule has 0 aliphatic rings. The van der Waals surface area contributed by atoms with Gasteiger partial charge in [-0.25, -0.2) is 0 Å². The molecule has 3 heteroatoms. The van der Waals surface area contributed by atoms with Crippen molar-refractivity contribution in [1.29, 1.82) is 0 Å². The van der Waals surface area contributed by atoms with Crippen LogP contribution in [-0.4, -0.2) is 18.1 Å². The predicted molar refractivity (Wildman–Crippen MR) is 64.2 cm³/mol. The highest BCUT2D eigenvalue weighted by Crippen LogP contribution is 2.21. The molecule has 0 fully saturated rings. The minimum Gasteiger partial charge on any atom is -0.492 e. The molecular weight excluding hydrogens is 200 g/mol. The van der Waals surface area contributed by atoms with Gasteiger partial charge >= 0.3 is 0 Å². The normalized spacial score (nSPS) is 10.1. The third-order valence-corrected chi connectivity index (χ3v) is 2.24. The molecule has 1 heterocycles. The zero-order chi connectivity index (χ0) is 11.2. The summed E-state index contributed by atoms with van der Waals surface area (Å²) in [4.78, 5) is 4.09. The van der Waals surface area contributed by atoms with Crippen molar-refractivity contribution in [2.45, 2.75) is 0 Å². The highest BCUT2D eigenvalue weighted by atomic mass is 16.5. The Labute approximate surface area is 94.9 Å². The van der Waals surface area contributed by atoms with Gasteiger partial charge in [0.2, 0.25) is 0 Å². The van der Waals surface area contributed by atoms with E-state index in [2.05, 4.69) is 4.98 Å². The van der Waals surface area contributed by atoms with E-state index in [0.717, 1.165) is 16.9 Å². The van der Waals surface area contributed by atoms with Crippen molar-refractivity contribution >= 4 is 0 Å². The van der Waals surface area contributed by atoms with Crippen molar-refractivity contribution in [2.24, 2.45) is 5.73 Å². The van der Waals surface area contributed by atoms with Gasteiger partial charge < -0.3 is 10.5 Å². The van der Waals surface area contributed by atoms with Gasteiger partial charge in [0.25, 0.3) is 0 Å². The van der Waals surface area contributed by atoms with Gasteiger partial charge in [-0.3, -0.25) is 4.98 Å². The van der Waals surface area contributed by atoms with Crippen LogP contribution >= 0.6 is 0 Å². The molecule has 0 spiro atoms. The van der Waals surface area contributed by atoms with E-state index in [0.29, 0.717) is 13.2 Å². The number of hydrogen-bond donors (Lipinski definition) is 1. The zero-order valence-corrected chi connectivity index (χ0v) is 8.97. The fourth-order valence-corrected chi connectivity index (χ4v) is 1.45. The molecule has 0 saturated heterocycles. The number of nitrogens with zero attached hydrogens (tertiary/aromatic N) is 1. The lowest BCUT2D eigenvalue weighted by atomic mass is 10.1. The molecule has 0 aliphatic carbocycles. The molecule has 0 amide bonds. The molecule has 0 radical (unpaired) electrons. The molecule has 3 nitrogen and oxygen atoms in total. The van der Waals surface area contributed by atoms with Gasteiger partial charge in [-0.15, -0.1) is 0 Å². The van der Waals surface area contributed by atoms with Crippen LogP contribution in [0.25, 0.3) is 11.1 Å². The fourth-order valence-electron chi connectivity index (χ4n) is 1.45. The molecule has 0 aliphatic heterocycles. The Morgan fingerprint density at radius 2 is 1.88 bits per heavy atom. The van der Waals surface area contributed by atoms with Crippen LogP contribution in [0, 0.1) is 0 Å². The second kappa shape index (κ2) is 5.28. The Morgan fingerprint density at radius 1 is 1.06 bits per heavy atom. The molecule has 0 bridgehead atoms. The van der Waals surface area contributed by atoms with Gasteiger partial charge in [0.1, 0.15) is 12.4 Å². The molecule has 2 N–H and O–H groups in total. The molecule has 0 unspecified atom stereocenters. The van der Waals surface area contributed by atoms with E-state index in [1.165, 1.54) is 0 Å². The number of pyridine rings is 1. The second-order valence-corrected chi connectivity index (χ2v) is 3.40. The average molecular weight is 214 g/mol. The van der Waals surface area contributed by atoms with Crippen molar-refractivity contribution in [3.63, 3.8) is 0 Å². The van der Waals surface area contributed by atoms with Gasteiger partial charge in [0, 0.05) is 18.9 Å². The van der Waals surface area contributed by atoms with Gasteiger partial charge in [-0.05, 0) is 29.3 Å². The van der Waals surface area contributed by atoms with Crippen LogP contribution in [0.2, 0.25) is 0 Å². The topological polar surface area (TPSA) is 48.1 Å². The first kappa shape index (κ1) is 10.6. The standard InChI is InChI=1S/C13H14N2O/c14-7-9-16-13-5-3-11(4-6-13)12-2-1-8-15-10-12/h1-6,8,10H,7,9,14H2. The van der Waals surface area contributed by atoms with E-state index in [4.69, 9.17) is 10.5 Å². The van der Waals surface area contributed by atoms with Crippen LogP contribution in [0.3, 0.4) is 0 Å². The van der Waals surface area contributed by atoms with Crippen LogP contribution in [0.15, 0.2) is 48.8 Å². The van der Waals surface area contributed by atoms with Crippen LogP contribution < -0.4 is 10.5 Å². The molecule has 0 atom stereocenters. The van der Waals surface area contributed by atoms with Crippen molar-refractivity contribution in [2.75, 3.05) is 13.2 Å². The predicted octanol–water partition coefficient (Wildman–Crippen LogP) is 2.09. The maximum absolute atomic E-state index is 5.41. The number of rotatable bonds is 4. The molecule has 1 aromatic carbocycles. The Kier molecular flexibility index (Phi) is 3.51. The van der Waals surface area contributed by atoms with E-state index in [1.54, 1.807) is 6.20 Å². The second-order valence-electron chi connectivity index (χ2n) is 3.40. The highest BCUT2D eigenvalue weighted by Gasteiger charge is 1.97. The third kappa shape index (κ3) is 2.58. The number of aromatic nitrogens is 1. The van der Waals surface area contributed by atoms with Crippen LogP contribution in [0.4, 0.5) is 0 Å². The Hall–Kier alpha value is -1.87. The van der Waals surface area contributed by atoms with Gasteiger partial charge in [0.05, 0.1) is 0 Å². The molecule has 2 rings (SSSR count). The van der Waals surface area contributed by atoms with Gasteiger partial charge in [-0.1, -0.05) is 18.2 Å². The Balaban J connectivity index is 2.13. The van der Waals surface area contributed by atoms with Crippen molar-refractivity contribution < 1.29 is 4.74 Å². The monoisotopic (exact) mass is 214 g/mol. The van der Waals surface area contributed by atoms with Crippen molar-refractivity contribution in [3.8, 4) is 16.9 Å². The quantitative estimate of drug-likeness (QED) is 0.847. The summed E-state index contributed by atoms with van der Waals surface area (Å²) < 4.78 is 5.41. The lowest BCUT2D eigenvalue weighted by molar-refractivity contribution is 0.328. The lowest BCUT2D eigenvalue weighted by Gasteiger charge is -2.05. The molecule has 82 valence electrons. The minimum absolute atomic E-state index is 0.532. The summed E-state index contributed by atoms with van der Waals surface area (Å²) in [5.74, 6) is 0.845. The van der Waals surface area contributed by atoms with Gasteiger partial charge in [-0.2, -0.15) is 0 Å². The number of hydrogen-bond acceptors (Lipinski definition) is 3. The molecule has 16 heavy (non-hydrogen) atoms. The Bertz CT molecular complexity index is 425. The summed E-state index contributed by atoms with van der Waals surface area (Å²) in [6.45, 7) is 1.08. The lowest BCUT2D eigenvalue weighted by Crippen LogP contribution is -2.10. The number of benzene rings is 1. The molecule has 0 saturated carbocycles. The summed E-state index contributed by atoms with van der Waals surface area (Å²) in [7, 11) is 0. The molecule has 2 aromatic rings. The van der Waals surface area contributed by atoms with Crippen molar-refractivity contribution in [1.82, 2.24) is 4.98 Å². The largest absolute Gasteiger partial charge is 0.492 e.